The van der Waals surface area contributed by atoms with Crippen LogP contribution in [0, 0.1) is 0 Å². The van der Waals surface area contributed by atoms with E-state index in [1.54, 1.807) is 24.4 Å². The van der Waals surface area contributed by atoms with Crippen molar-refractivity contribution in [1.29, 1.82) is 0 Å². The zero-order chi connectivity index (χ0) is 15.5. The molecule has 2 aromatic rings. The Kier molecular flexibility index (Phi) is 4.24. The van der Waals surface area contributed by atoms with E-state index in [9.17, 15) is 9.59 Å². The third kappa shape index (κ3) is 3.04. The number of amides is 1. The van der Waals surface area contributed by atoms with E-state index in [0.29, 0.717) is 18.3 Å². The minimum atomic E-state index is -0.943. The van der Waals surface area contributed by atoms with Gasteiger partial charge in [0.15, 0.2) is 0 Å². The average Bonchev–Trinajstić information content (AvgIpc) is 3.23. The van der Waals surface area contributed by atoms with E-state index in [4.69, 9.17) is 5.11 Å². The first-order chi connectivity index (χ1) is 10.6. The monoisotopic (exact) mass is 319 g/mol. The third-order valence-electron chi connectivity index (χ3n) is 3.87. The fourth-order valence-electron chi connectivity index (χ4n) is 2.78. The van der Waals surface area contributed by atoms with Crippen LogP contribution in [0.1, 0.15) is 56.8 Å². The number of nitrogens with one attached hydrogen (secondary N) is 1. The number of carbonyl (C=O) groups excluding carboxylic acids is 1. The predicted molar refractivity (Wildman–Crippen MR) is 82.2 cm³/mol. The number of carboxylic acid groups (broad SMARTS) is 1. The van der Waals surface area contributed by atoms with E-state index >= 15 is 0 Å². The van der Waals surface area contributed by atoms with Crippen LogP contribution < -0.4 is 5.32 Å². The lowest BCUT2D eigenvalue weighted by molar-refractivity contribution is 0.0702. The minimum Gasteiger partial charge on any atom is -0.477 e. The second kappa shape index (κ2) is 6.31. The number of hydrogen-bond acceptors (Lipinski definition) is 4. The molecule has 0 radical (unpaired) electrons. The number of aromatic carboxylic acids is 1. The lowest BCUT2D eigenvalue weighted by Gasteiger charge is -2.13. The van der Waals surface area contributed by atoms with Crippen molar-refractivity contribution in [2.24, 2.45) is 0 Å². The second-order valence-electron chi connectivity index (χ2n) is 5.35. The van der Waals surface area contributed by atoms with Crippen molar-refractivity contribution in [3.63, 3.8) is 0 Å². The summed E-state index contributed by atoms with van der Waals surface area (Å²) in [6.07, 6.45) is 6.14. The standard InChI is InChI=1S/C15H17N3O3S/c19-14(16-9-11-5-6-13(22-11)15(20)21)12-7-8-17-18(12)10-3-1-2-4-10/h5-8,10H,1-4,9H2,(H,16,19)(H,20,21). The van der Waals surface area contributed by atoms with Crippen molar-refractivity contribution in [3.8, 4) is 0 Å². The predicted octanol–water partition coefficient (Wildman–Crippen LogP) is 2.69. The minimum absolute atomic E-state index is 0.172. The Bertz CT molecular complexity index is 686. The number of aromatic nitrogens is 2. The van der Waals surface area contributed by atoms with E-state index < -0.39 is 5.97 Å². The van der Waals surface area contributed by atoms with Crippen LogP contribution in [0.3, 0.4) is 0 Å². The molecule has 6 nitrogen and oxygen atoms in total. The second-order valence-corrected chi connectivity index (χ2v) is 6.52. The van der Waals surface area contributed by atoms with Gasteiger partial charge in [-0.1, -0.05) is 12.8 Å². The van der Waals surface area contributed by atoms with Gasteiger partial charge in [-0.25, -0.2) is 4.79 Å². The summed E-state index contributed by atoms with van der Waals surface area (Å²) in [6, 6.07) is 5.32. The molecule has 22 heavy (non-hydrogen) atoms. The first-order valence-electron chi connectivity index (χ1n) is 7.29. The molecule has 0 unspecified atom stereocenters. The van der Waals surface area contributed by atoms with Crippen LogP contribution in [0.15, 0.2) is 24.4 Å². The number of nitrogens with zero attached hydrogens (tertiary/aromatic N) is 2. The Hall–Kier alpha value is -2.15. The van der Waals surface area contributed by atoms with Crippen LogP contribution in [-0.4, -0.2) is 26.8 Å². The molecular weight excluding hydrogens is 302 g/mol. The zero-order valence-corrected chi connectivity index (χ0v) is 12.8. The topological polar surface area (TPSA) is 84.2 Å². The molecule has 2 N–H and O–H groups in total. The molecule has 1 saturated carbocycles. The fraction of sp³-hybridized carbons (Fsp3) is 0.400. The van der Waals surface area contributed by atoms with Gasteiger partial charge in [0.2, 0.25) is 0 Å². The van der Waals surface area contributed by atoms with Gasteiger partial charge in [-0.2, -0.15) is 5.10 Å². The zero-order valence-electron chi connectivity index (χ0n) is 12.0. The quantitative estimate of drug-likeness (QED) is 0.887. The van der Waals surface area contributed by atoms with Gasteiger partial charge in [-0.05, 0) is 31.0 Å². The largest absolute Gasteiger partial charge is 0.477 e. The van der Waals surface area contributed by atoms with E-state index in [1.807, 2.05) is 4.68 Å². The Morgan fingerprint density at radius 1 is 1.32 bits per heavy atom. The number of carbonyl (C=O) groups is 2. The molecule has 1 fully saturated rings. The van der Waals surface area contributed by atoms with Crippen LogP contribution in [0.25, 0.3) is 0 Å². The van der Waals surface area contributed by atoms with Crippen LogP contribution in [0.4, 0.5) is 0 Å². The maximum atomic E-state index is 12.3. The van der Waals surface area contributed by atoms with Crippen LogP contribution in [-0.2, 0) is 6.54 Å². The van der Waals surface area contributed by atoms with E-state index in [0.717, 1.165) is 17.7 Å². The highest BCUT2D eigenvalue weighted by Crippen LogP contribution is 2.29. The fourth-order valence-corrected chi connectivity index (χ4v) is 3.57. The van der Waals surface area contributed by atoms with Gasteiger partial charge < -0.3 is 10.4 Å². The first-order valence-corrected chi connectivity index (χ1v) is 8.10. The van der Waals surface area contributed by atoms with Gasteiger partial charge >= 0.3 is 5.97 Å². The first kappa shape index (κ1) is 14.8. The van der Waals surface area contributed by atoms with Crippen LogP contribution in [0.2, 0.25) is 0 Å². The van der Waals surface area contributed by atoms with Crippen molar-refractivity contribution >= 4 is 23.2 Å². The Balaban J connectivity index is 1.64. The van der Waals surface area contributed by atoms with Gasteiger partial charge in [0.05, 0.1) is 12.6 Å². The van der Waals surface area contributed by atoms with Crippen molar-refractivity contribution in [3.05, 3.63) is 39.8 Å². The molecule has 2 aromatic heterocycles. The lowest BCUT2D eigenvalue weighted by Crippen LogP contribution is -2.26. The molecule has 0 atom stereocenters. The molecule has 116 valence electrons. The molecule has 0 spiro atoms. The molecule has 2 heterocycles. The van der Waals surface area contributed by atoms with Gasteiger partial charge in [-0.3, -0.25) is 9.48 Å². The molecule has 1 amide bonds. The van der Waals surface area contributed by atoms with Gasteiger partial charge in [0, 0.05) is 11.1 Å². The average molecular weight is 319 g/mol. The van der Waals surface area contributed by atoms with Crippen molar-refractivity contribution in [2.45, 2.75) is 38.3 Å². The van der Waals surface area contributed by atoms with Crippen LogP contribution >= 0.6 is 11.3 Å². The summed E-state index contributed by atoms with van der Waals surface area (Å²) < 4.78 is 1.82. The number of thiophene rings is 1. The number of carboxylic acids is 1. The smallest absolute Gasteiger partial charge is 0.345 e. The highest BCUT2D eigenvalue weighted by molar-refractivity contribution is 7.13. The molecule has 1 aliphatic rings. The third-order valence-corrected chi connectivity index (χ3v) is 4.94. The van der Waals surface area contributed by atoms with Crippen molar-refractivity contribution in [1.82, 2.24) is 15.1 Å². The maximum absolute atomic E-state index is 12.3. The SMILES string of the molecule is O=C(O)c1ccc(CNC(=O)c2ccnn2C2CCCC2)s1. The number of rotatable bonds is 5. The molecule has 1 aliphatic carbocycles. The summed E-state index contributed by atoms with van der Waals surface area (Å²) in [6.45, 7) is 0.326. The molecule has 3 rings (SSSR count). The van der Waals surface area contributed by atoms with Gasteiger partial charge in [-0.15, -0.1) is 11.3 Å². The highest BCUT2D eigenvalue weighted by atomic mass is 32.1. The number of hydrogen-bond donors (Lipinski definition) is 2. The summed E-state index contributed by atoms with van der Waals surface area (Å²) in [5, 5.41) is 16.0. The summed E-state index contributed by atoms with van der Waals surface area (Å²) in [5.74, 6) is -1.11. The Morgan fingerprint density at radius 2 is 2.09 bits per heavy atom. The van der Waals surface area contributed by atoms with Gasteiger partial charge in [0.25, 0.3) is 5.91 Å². The molecule has 0 aromatic carbocycles. The van der Waals surface area contributed by atoms with Crippen LogP contribution in [0.5, 0.6) is 0 Å². The molecular formula is C15H17N3O3S. The summed E-state index contributed by atoms with van der Waals surface area (Å²) in [5.41, 5.74) is 0.571. The normalized spacial score (nSPS) is 15.1. The Morgan fingerprint density at radius 3 is 2.77 bits per heavy atom. The Labute approximate surface area is 131 Å². The summed E-state index contributed by atoms with van der Waals surface area (Å²) >= 11 is 1.17. The van der Waals surface area contributed by atoms with E-state index in [1.165, 1.54) is 24.2 Å². The van der Waals surface area contributed by atoms with E-state index in [2.05, 4.69) is 10.4 Å². The lowest BCUT2D eigenvalue weighted by atomic mass is 10.2. The molecule has 0 saturated heterocycles. The highest BCUT2D eigenvalue weighted by Gasteiger charge is 2.22. The summed E-state index contributed by atoms with van der Waals surface area (Å²) in [4.78, 5) is 24.3. The van der Waals surface area contributed by atoms with Crippen molar-refractivity contribution < 1.29 is 14.7 Å². The molecule has 0 aliphatic heterocycles. The molecule has 0 bridgehead atoms. The molecule has 7 heteroatoms. The summed E-state index contributed by atoms with van der Waals surface area (Å²) in [7, 11) is 0. The van der Waals surface area contributed by atoms with E-state index in [-0.39, 0.29) is 10.8 Å². The van der Waals surface area contributed by atoms with Crippen molar-refractivity contribution in [2.75, 3.05) is 0 Å². The van der Waals surface area contributed by atoms with Gasteiger partial charge in [0.1, 0.15) is 10.6 Å². The maximum Gasteiger partial charge on any atom is 0.345 e.